The third-order valence-electron chi connectivity index (χ3n) is 3.01. The standard InChI is InChI=1S/C14H24N2O2S/c1-5-9-16(11(2)3)19(17,18)14-8-6-7-13(10-14)12(4)15/h6-8,10-12H,5,9,15H2,1-4H3. The zero-order valence-corrected chi connectivity index (χ0v) is 12.9. The summed E-state index contributed by atoms with van der Waals surface area (Å²) in [5, 5.41) is 0. The fraction of sp³-hybridized carbons (Fsp3) is 0.571. The smallest absolute Gasteiger partial charge is 0.243 e. The fourth-order valence-electron chi connectivity index (χ4n) is 1.97. The van der Waals surface area contributed by atoms with E-state index in [4.69, 9.17) is 5.73 Å². The van der Waals surface area contributed by atoms with Gasteiger partial charge in [0, 0.05) is 18.6 Å². The molecule has 1 unspecified atom stereocenters. The molecule has 0 amide bonds. The van der Waals surface area contributed by atoms with Gasteiger partial charge < -0.3 is 5.73 Å². The van der Waals surface area contributed by atoms with Crippen molar-refractivity contribution in [2.24, 2.45) is 5.73 Å². The van der Waals surface area contributed by atoms with Crippen LogP contribution in [-0.2, 0) is 10.0 Å². The number of benzene rings is 1. The van der Waals surface area contributed by atoms with Crippen LogP contribution in [0.25, 0.3) is 0 Å². The molecule has 1 atom stereocenters. The second kappa shape index (κ2) is 6.50. The number of hydrogen-bond donors (Lipinski definition) is 1. The van der Waals surface area contributed by atoms with Crippen LogP contribution in [0.4, 0.5) is 0 Å². The van der Waals surface area contributed by atoms with E-state index in [9.17, 15) is 8.42 Å². The quantitative estimate of drug-likeness (QED) is 0.873. The van der Waals surface area contributed by atoms with E-state index in [0.717, 1.165) is 12.0 Å². The second-order valence-electron chi connectivity index (χ2n) is 5.07. The Hall–Kier alpha value is -0.910. The molecule has 1 aromatic carbocycles. The van der Waals surface area contributed by atoms with E-state index in [0.29, 0.717) is 11.4 Å². The van der Waals surface area contributed by atoms with Crippen LogP contribution >= 0.6 is 0 Å². The van der Waals surface area contributed by atoms with E-state index >= 15 is 0 Å². The highest BCUT2D eigenvalue weighted by Gasteiger charge is 2.26. The maximum absolute atomic E-state index is 12.6. The van der Waals surface area contributed by atoms with Crippen molar-refractivity contribution in [3.05, 3.63) is 29.8 Å². The zero-order valence-electron chi connectivity index (χ0n) is 12.1. The normalized spacial score (nSPS) is 14.1. The first kappa shape index (κ1) is 16.1. The summed E-state index contributed by atoms with van der Waals surface area (Å²) >= 11 is 0. The molecule has 0 bridgehead atoms. The van der Waals surface area contributed by atoms with Crippen molar-refractivity contribution in [3.8, 4) is 0 Å². The second-order valence-corrected chi connectivity index (χ2v) is 6.96. The number of nitrogens with zero attached hydrogens (tertiary/aromatic N) is 1. The first-order valence-electron chi connectivity index (χ1n) is 6.68. The van der Waals surface area contributed by atoms with Crippen LogP contribution in [0.5, 0.6) is 0 Å². The Kier molecular flexibility index (Phi) is 5.52. The van der Waals surface area contributed by atoms with E-state index in [1.807, 2.05) is 33.8 Å². The Morgan fingerprint density at radius 3 is 2.37 bits per heavy atom. The minimum Gasteiger partial charge on any atom is -0.324 e. The summed E-state index contributed by atoms with van der Waals surface area (Å²) in [5.41, 5.74) is 6.65. The molecule has 0 saturated heterocycles. The van der Waals surface area contributed by atoms with Gasteiger partial charge in [-0.25, -0.2) is 8.42 Å². The molecule has 0 fully saturated rings. The molecule has 0 heterocycles. The van der Waals surface area contributed by atoms with E-state index in [1.165, 1.54) is 4.31 Å². The van der Waals surface area contributed by atoms with E-state index < -0.39 is 10.0 Å². The predicted octanol–water partition coefficient (Wildman–Crippen LogP) is 2.52. The Morgan fingerprint density at radius 1 is 1.26 bits per heavy atom. The largest absolute Gasteiger partial charge is 0.324 e. The molecule has 0 radical (unpaired) electrons. The third-order valence-corrected chi connectivity index (χ3v) is 5.08. The lowest BCUT2D eigenvalue weighted by molar-refractivity contribution is 0.354. The van der Waals surface area contributed by atoms with Gasteiger partial charge in [0.1, 0.15) is 0 Å². The van der Waals surface area contributed by atoms with Crippen molar-refractivity contribution >= 4 is 10.0 Å². The van der Waals surface area contributed by atoms with Gasteiger partial charge in [0.25, 0.3) is 0 Å². The van der Waals surface area contributed by atoms with E-state index in [1.54, 1.807) is 18.2 Å². The molecule has 1 rings (SSSR count). The third kappa shape index (κ3) is 3.78. The van der Waals surface area contributed by atoms with Gasteiger partial charge in [-0.15, -0.1) is 0 Å². The van der Waals surface area contributed by atoms with Gasteiger partial charge >= 0.3 is 0 Å². The first-order valence-corrected chi connectivity index (χ1v) is 8.12. The summed E-state index contributed by atoms with van der Waals surface area (Å²) in [7, 11) is -3.44. The summed E-state index contributed by atoms with van der Waals surface area (Å²) in [4.78, 5) is 0.324. The van der Waals surface area contributed by atoms with Crippen molar-refractivity contribution in [2.75, 3.05) is 6.54 Å². The molecule has 4 nitrogen and oxygen atoms in total. The molecular formula is C14H24N2O2S. The van der Waals surface area contributed by atoms with Crippen LogP contribution in [0.2, 0.25) is 0 Å². The lowest BCUT2D eigenvalue weighted by Gasteiger charge is -2.25. The molecule has 5 heteroatoms. The van der Waals surface area contributed by atoms with Crippen molar-refractivity contribution in [1.82, 2.24) is 4.31 Å². The van der Waals surface area contributed by atoms with Crippen molar-refractivity contribution in [3.63, 3.8) is 0 Å². The summed E-state index contributed by atoms with van der Waals surface area (Å²) in [6.07, 6.45) is 0.796. The van der Waals surface area contributed by atoms with Crippen LogP contribution in [0.1, 0.15) is 45.7 Å². The minimum atomic E-state index is -3.44. The van der Waals surface area contributed by atoms with E-state index in [-0.39, 0.29) is 12.1 Å². The fourth-order valence-corrected chi connectivity index (χ4v) is 3.75. The van der Waals surface area contributed by atoms with Gasteiger partial charge in [0.05, 0.1) is 4.90 Å². The molecule has 2 N–H and O–H groups in total. The first-order chi connectivity index (χ1) is 8.80. The van der Waals surface area contributed by atoms with E-state index in [2.05, 4.69) is 0 Å². The molecular weight excluding hydrogens is 260 g/mol. The minimum absolute atomic E-state index is 0.0519. The van der Waals surface area contributed by atoms with Crippen molar-refractivity contribution < 1.29 is 8.42 Å². The number of hydrogen-bond acceptors (Lipinski definition) is 3. The Bertz CT molecular complexity index is 510. The van der Waals surface area contributed by atoms with Gasteiger partial charge in [-0.2, -0.15) is 4.31 Å². The lowest BCUT2D eigenvalue weighted by Crippen LogP contribution is -2.37. The molecule has 0 aliphatic carbocycles. The van der Waals surface area contributed by atoms with Gasteiger partial charge in [0.2, 0.25) is 10.0 Å². The highest BCUT2D eigenvalue weighted by atomic mass is 32.2. The zero-order chi connectivity index (χ0) is 14.6. The van der Waals surface area contributed by atoms with Crippen LogP contribution in [0.15, 0.2) is 29.2 Å². The summed E-state index contributed by atoms with van der Waals surface area (Å²) in [6, 6.07) is 6.68. The van der Waals surface area contributed by atoms with Gasteiger partial charge in [-0.3, -0.25) is 0 Å². The molecule has 0 aliphatic heterocycles. The van der Waals surface area contributed by atoms with Crippen molar-refractivity contribution in [1.29, 1.82) is 0 Å². The summed E-state index contributed by atoms with van der Waals surface area (Å²) < 4.78 is 26.8. The summed E-state index contributed by atoms with van der Waals surface area (Å²) in [5.74, 6) is 0. The summed E-state index contributed by atoms with van der Waals surface area (Å²) in [6.45, 7) is 8.13. The predicted molar refractivity (Wildman–Crippen MR) is 78.4 cm³/mol. The lowest BCUT2D eigenvalue weighted by atomic mass is 10.1. The maximum atomic E-state index is 12.6. The average Bonchev–Trinajstić information content (AvgIpc) is 2.35. The SMILES string of the molecule is CCCN(C(C)C)S(=O)(=O)c1cccc(C(C)N)c1. The number of rotatable bonds is 6. The number of sulfonamides is 1. The molecule has 0 spiro atoms. The monoisotopic (exact) mass is 284 g/mol. The van der Waals surface area contributed by atoms with Crippen LogP contribution in [-0.4, -0.2) is 25.3 Å². The number of nitrogens with two attached hydrogens (primary N) is 1. The van der Waals surface area contributed by atoms with Gasteiger partial charge in [-0.05, 0) is 44.9 Å². The molecule has 1 aromatic rings. The maximum Gasteiger partial charge on any atom is 0.243 e. The molecule has 0 saturated carbocycles. The molecule has 0 aliphatic rings. The average molecular weight is 284 g/mol. The molecule has 0 aromatic heterocycles. The highest BCUT2D eigenvalue weighted by Crippen LogP contribution is 2.21. The Balaban J connectivity index is 3.21. The van der Waals surface area contributed by atoms with Crippen molar-refractivity contribution in [2.45, 2.75) is 51.1 Å². The Morgan fingerprint density at radius 2 is 1.89 bits per heavy atom. The van der Waals surface area contributed by atoms with Crippen LogP contribution in [0.3, 0.4) is 0 Å². The van der Waals surface area contributed by atoms with Gasteiger partial charge in [0.15, 0.2) is 0 Å². The topological polar surface area (TPSA) is 63.4 Å². The van der Waals surface area contributed by atoms with Gasteiger partial charge in [-0.1, -0.05) is 19.1 Å². The van der Waals surface area contributed by atoms with Crippen LogP contribution < -0.4 is 5.73 Å². The highest BCUT2D eigenvalue weighted by molar-refractivity contribution is 7.89. The Labute approximate surface area is 116 Å². The molecule has 108 valence electrons. The molecule has 19 heavy (non-hydrogen) atoms. The van der Waals surface area contributed by atoms with Crippen LogP contribution in [0, 0.1) is 0 Å².